The fourth-order valence-electron chi connectivity index (χ4n) is 2.59. The third-order valence-corrected chi connectivity index (χ3v) is 3.12. The van der Waals surface area contributed by atoms with Gasteiger partial charge in [0.1, 0.15) is 0 Å². The van der Waals surface area contributed by atoms with Crippen LogP contribution in [0.15, 0.2) is 11.6 Å². The smallest absolute Gasteiger partial charge is 0.0694 e. The summed E-state index contributed by atoms with van der Waals surface area (Å²) in [5.41, 5.74) is 1.55. The van der Waals surface area contributed by atoms with Crippen molar-refractivity contribution in [2.45, 2.75) is 24.9 Å². The fraction of sp³-hybridized carbons (Fsp3) is 0.778. The van der Waals surface area contributed by atoms with E-state index in [1.54, 1.807) is 5.57 Å². The molecule has 0 radical (unpaired) electrons. The number of hydrogen-bond donors (Lipinski definition) is 0. The van der Waals surface area contributed by atoms with Crippen LogP contribution in [0.5, 0.6) is 0 Å². The van der Waals surface area contributed by atoms with E-state index in [0.717, 1.165) is 19.3 Å². The Morgan fingerprint density at radius 1 is 1.55 bits per heavy atom. The second kappa shape index (κ2) is 2.08. The molecule has 0 aromatic carbocycles. The van der Waals surface area contributed by atoms with Crippen molar-refractivity contribution < 1.29 is 4.74 Å². The first-order valence-corrected chi connectivity index (χ1v) is 4.49. The van der Waals surface area contributed by atoms with Gasteiger partial charge in [-0.3, -0.25) is 4.90 Å². The molecule has 0 amide bonds. The monoisotopic (exact) mass is 151 g/mol. The van der Waals surface area contributed by atoms with Crippen LogP contribution in [0.3, 0.4) is 0 Å². The van der Waals surface area contributed by atoms with Crippen LogP contribution in [-0.4, -0.2) is 36.7 Å². The van der Waals surface area contributed by atoms with Crippen molar-refractivity contribution in [3.63, 3.8) is 0 Å². The molecule has 0 aromatic heterocycles. The molecule has 3 aliphatic rings. The van der Waals surface area contributed by atoms with Gasteiger partial charge in [-0.2, -0.15) is 0 Å². The van der Waals surface area contributed by atoms with E-state index in [0.29, 0.717) is 6.04 Å². The molecule has 3 aliphatic heterocycles. The lowest BCUT2D eigenvalue weighted by molar-refractivity contribution is 0.149. The summed E-state index contributed by atoms with van der Waals surface area (Å²) in [4.78, 5) is 2.60. The van der Waals surface area contributed by atoms with Crippen LogP contribution in [0.1, 0.15) is 12.8 Å². The maximum Gasteiger partial charge on any atom is 0.0694 e. The quantitative estimate of drug-likeness (QED) is 0.475. The van der Waals surface area contributed by atoms with Crippen LogP contribution in [0.4, 0.5) is 0 Å². The molecule has 60 valence electrons. The molecule has 2 heteroatoms. The van der Waals surface area contributed by atoms with Gasteiger partial charge in [-0.05, 0) is 25.0 Å². The van der Waals surface area contributed by atoms with Gasteiger partial charge in [-0.1, -0.05) is 6.08 Å². The maximum absolute atomic E-state index is 5.41. The zero-order valence-corrected chi connectivity index (χ0v) is 6.62. The van der Waals surface area contributed by atoms with Gasteiger partial charge in [0.25, 0.3) is 0 Å². The number of hydrogen-bond acceptors (Lipinski definition) is 2. The summed E-state index contributed by atoms with van der Waals surface area (Å²) in [5.74, 6) is 0. The van der Waals surface area contributed by atoms with Gasteiger partial charge in [0.05, 0.1) is 19.3 Å². The number of nitrogens with zero attached hydrogens (tertiary/aromatic N) is 1. The summed E-state index contributed by atoms with van der Waals surface area (Å²) in [7, 11) is 0. The zero-order chi connectivity index (χ0) is 7.26. The Labute approximate surface area is 66.8 Å². The van der Waals surface area contributed by atoms with E-state index in [1.807, 2.05) is 0 Å². The molecule has 0 N–H and O–H groups in total. The first-order valence-electron chi connectivity index (χ1n) is 4.49. The number of rotatable bonds is 0. The minimum absolute atomic E-state index is 0.669. The van der Waals surface area contributed by atoms with Crippen molar-refractivity contribution in [1.29, 1.82) is 0 Å². The van der Waals surface area contributed by atoms with Gasteiger partial charge >= 0.3 is 0 Å². The highest BCUT2D eigenvalue weighted by atomic mass is 16.5. The van der Waals surface area contributed by atoms with Crippen LogP contribution in [0, 0.1) is 0 Å². The highest BCUT2D eigenvalue weighted by Gasteiger charge is 2.39. The molecular weight excluding hydrogens is 138 g/mol. The van der Waals surface area contributed by atoms with Crippen LogP contribution in [0.2, 0.25) is 0 Å². The highest BCUT2D eigenvalue weighted by Crippen LogP contribution is 2.34. The molecule has 0 aliphatic carbocycles. The predicted octanol–water partition coefficient (Wildman–Crippen LogP) is 0.790. The van der Waals surface area contributed by atoms with E-state index < -0.39 is 0 Å². The Morgan fingerprint density at radius 3 is 3.55 bits per heavy atom. The lowest BCUT2D eigenvalue weighted by Gasteiger charge is -2.21. The molecule has 0 spiro atoms. The first-order chi connectivity index (χ1) is 5.45. The summed E-state index contributed by atoms with van der Waals surface area (Å²) in [6.45, 7) is 3.14. The van der Waals surface area contributed by atoms with Gasteiger partial charge in [0, 0.05) is 6.04 Å². The average molecular weight is 151 g/mol. The lowest BCUT2D eigenvalue weighted by atomic mass is 10.1. The van der Waals surface area contributed by atoms with Crippen LogP contribution in [0.25, 0.3) is 0 Å². The molecule has 0 bridgehead atoms. The van der Waals surface area contributed by atoms with Crippen molar-refractivity contribution in [2.24, 2.45) is 0 Å². The van der Waals surface area contributed by atoms with E-state index in [2.05, 4.69) is 11.0 Å². The Hall–Kier alpha value is -0.340. The van der Waals surface area contributed by atoms with Gasteiger partial charge in [-0.25, -0.2) is 0 Å². The third kappa shape index (κ3) is 0.741. The summed E-state index contributed by atoms with van der Waals surface area (Å²) in [6, 6.07) is 1.45. The number of ether oxygens (including phenoxy) is 1. The van der Waals surface area contributed by atoms with Gasteiger partial charge in [0.15, 0.2) is 0 Å². The summed E-state index contributed by atoms with van der Waals surface area (Å²) < 4.78 is 5.41. The van der Waals surface area contributed by atoms with Crippen molar-refractivity contribution in [2.75, 3.05) is 19.8 Å². The fourth-order valence-corrected chi connectivity index (χ4v) is 2.59. The second-order valence-corrected chi connectivity index (χ2v) is 3.72. The maximum atomic E-state index is 5.41. The molecule has 11 heavy (non-hydrogen) atoms. The Morgan fingerprint density at radius 2 is 2.55 bits per heavy atom. The number of fused-ring (bicyclic) bond motifs is 3. The van der Waals surface area contributed by atoms with Crippen molar-refractivity contribution in [1.82, 2.24) is 4.90 Å². The summed E-state index contributed by atoms with van der Waals surface area (Å²) in [5, 5.41) is 0. The van der Waals surface area contributed by atoms with E-state index in [4.69, 9.17) is 4.74 Å². The van der Waals surface area contributed by atoms with E-state index in [1.165, 1.54) is 19.4 Å². The van der Waals surface area contributed by atoms with E-state index in [-0.39, 0.29) is 0 Å². The zero-order valence-electron chi connectivity index (χ0n) is 6.62. The van der Waals surface area contributed by atoms with E-state index >= 15 is 0 Å². The van der Waals surface area contributed by atoms with E-state index in [9.17, 15) is 0 Å². The lowest BCUT2D eigenvalue weighted by Crippen LogP contribution is -2.34. The second-order valence-electron chi connectivity index (χ2n) is 3.72. The minimum Gasteiger partial charge on any atom is -0.375 e. The molecule has 0 unspecified atom stereocenters. The van der Waals surface area contributed by atoms with Crippen molar-refractivity contribution in [3.05, 3.63) is 11.6 Å². The first kappa shape index (κ1) is 6.21. The molecule has 2 nitrogen and oxygen atoms in total. The molecule has 3 heterocycles. The molecule has 2 saturated heterocycles. The predicted molar refractivity (Wildman–Crippen MR) is 42.4 cm³/mol. The van der Waals surface area contributed by atoms with Crippen molar-refractivity contribution in [3.8, 4) is 0 Å². The van der Waals surface area contributed by atoms with Gasteiger partial charge in [0.2, 0.25) is 0 Å². The Balaban J connectivity index is 1.93. The average Bonchev–Trinajstić information content (AvgIpc) is 2.52. The largest absolute Gasteiger partial charge is 0.375 e. The van der Waals surface area contributed by atoms with Gasteiger partial charge in [-0.15, -0.1) is 0 Å². The Bertz CT molecular complexity index is 212. The summed E-state index contributed by atoms with van der Waals surface area (Å²) in [6.07, 6.45) is 5.19. The van der Waals surface area contributed by atoms with Gasteiger partial charge < -0.3 is 4.74 Å². The molecular formula is C9H13NO. The molecule has 2 atom stereocenters. The highest BCUT2D eigenvalue weighted by molar-refractivity contribution is 5.26. The van der Waals surface area contributed by atoms with Crippen LogP contribution < -0.4 is 0 Å². The third-order valence-electron chi connectivity index (χ3n) is 3.12. The normalized spacial score (nSPS) is 42.4. The molecule has 0 saturated carbocycles. The van der Waals surface area contributed by atoms with Crippen LogP contribution in [-0.2, 0) is 4.74 Å². The molecule has 2 fully saturated rings. The molecule has 3 rings (SSSR count). The minimum atomic E-state index is 0.669. The van der Waals surface area contributed by atoms with Crippen LogP contribution >= 0.6 is 0 Å². The Kier molecular flexibility index (Phi) is 1.17. The standard InChI is InChI=1S/C9H13NO/c1-2-8-4-7-5-11-6-9(7)10(8)3-1/h4,8-9H,1-3,5-6H2/t8-,9+/m0/s1. The van der Waals surface area contributed by atoms with Crippen molar-refractivity contribution >= 4 is 0 Å². The SMILES string of the molecule is C1=C2COC[C@H]2N2CCC[C@@H]12. The topological polar surface area (TPSA) is 12.5 Å². The summed E-state index contributed by atoms with van der Waals surface area (Å²) >= 11 is 0. The molecule has 0 aromatic rings.